The molecule has 1 fully saturated rings. The monoisotopic (exact) mass is 314 g/mol. The summed E-state index contributed by atoms with van der Waals surface area (Å²) < 4.78 is 11.5. The first-order chi connectivity index (χ1) is 9.91. The highest BCUT2D eigenvalue weighted by atomic mass is 32.2. The first kappa shape index (κ1) is 18.9. The third-order valence-electron chi connectivity index (χ3n) is 4.35. The number of allylic oxidation sites excluding steroid dienone is 1. The minimum atomic E-state index is 0.622. The standard InChI is InChI=1S/C18H34O2S/c1-13(2)8-7-9-18(17-12-19-10-11-20-17)21-16(6)15(5)14(3)4/h13-16H,7-12H2,1-6H3/b18-17+/t15-,16?/m0/s1. The van der Waals surface area contributed by atoms with Crippen LogP contribution >= 0.6 is 11.8 Å². The summed E-state index contributed by atoms with van der Waals surface area (Å²) in [4.78, 5) is 1.43. The molecular weight excluding hydrogens is 280 g/mol. The van der Waals surface area contributed by atoms with Gasteiger partial charge >= 0.3 is 0 Å². The van der Waals surface area contributed by atoms with Crippen LogP contribution in [-0.2, 0) is 9.47 Å². The Morgan fingerprint density at radius 2 is 1.81 bits per heavy atom. The molecule has 0 bridgehead atoms. The van der Waals surface area contributed by atoms with Gasteiger partial charge in [-0.25, -0.2) is 0 Å². The first-order valence-electron chi connectivity index (χ1n) is 8.51. The molecule has 1 unspecified atom stereocenters. The molecule has 0 spiro atoms. The second kappa shape index (κ2) is 9.78. The van der Waals surface area contributed by atoms with E-state index in [2.05, 4.69) is 41.5 Å². The predicted molar refractivity (Wildman–Crippen MR) is 93.5 cm³/mol. The second-order valence-electron chi connectivity index (χ2n) is 6.96. The molecule has 0 radical (unpaired) electrons. The van der Waals surface area contributed by atoms with Gasteiger partial charge in [0.25, 0.3) is 0 Å². The van der Waals surface area contributed by atoms with Crippen LogP contribution in [0, 0.1) is 17.8 Å². The maximum Gasteiger partial charge on any atom is 0.131 e. The van der Waals surface area contributed by atoms with Crippen LogP contribution in [0.5, 0.6) is 0 Å². The van der Waals surface area contributed by atoms with Crippen molar-refractivity contribution in [1.29, 1.82) is 0 Å². The van der Waals surface area contributed by atoms with Crippen LogP contribution in [0.2, 0.25) is 0 Å². The van der Waals surface area contributed by atoms with Gasteiger partial charge in [0.2, 0.25) is 0 Å². The predicted octanol–water partition coefficient (Wildman–Crippen LogP) is 5.48. The van der Waals surface area contributed by atoms with Gasteiger partial charge in [-0.05, 0) is 30.6 Å². The van der Waals surface area contributed by atoms with Crippen molar-refractivity contribution in [3.63, 3.8) is 0 Å². The van der Waals surface area contributed by atoms with E-state index in [0.29, 0.717) is 24.4 Å². The fraction of sp³-hybridized carbons (Fsp3) is 0.889. The van der Waals surface area contributed by atoms with Gasteiger partial charge in [-0.1, -0.05) is 48.0 Å². The molecular formula is C18H34O2S. The SMILES string of the molecule is CC(C)CCC/C(SC(C)[C@@H](C)C(C)C)=C1/COCCO1. The van der Waals surface area contributed by atoms with Gasteiger partial charge in [0.05, 0.1) is 6.61 Å². The van der Waals surface area contributed by atoms with E-state index in [9.17, 15) is 0 Å². The van der Waals surface area contributed by atoms with Crippen LogP contribution in [0.25, 0.3) is 0 Å². The normalized spacial score (nSPS) is 21.3. The van der Waals surface area contributed by atoms with Gasteiger partial charge in [-0.15, -0.1) is 11.8 Å². The second-order valence-corrected chi connectivity index (χ2v) is 8.43. The highest BCUT2D eigenvalue weighted by molar-refractivity contribution is 8.03. The lowest BCUT2D eigenvalue weighted by Gasteiger charge is -2.27. The van der Waals surface area contributed by atoms with Gasteiger partial charge in [0.15, 0.2) is 0 Å². The molecule has 1 saturated heterocycles. The highest BCUT2D eigenvalue weighted by Crippen LogP contribution is 2.36. The minimum Gasteiger partial charge on any atom is -0.492 e. The van der Waals surface area contributed by atoms with Crippen LogP contribution in [0.15, 0.2) is 10.7 Å². The molecule has 1 heterocycles. The maximum absolute atomic E-state index is 5.87. The summed E-state index contributed by atoms with van der Waals surface area (Å²) in [6, 6.07) is 0. The summed E-state index contributed by atoms with van der Waals surface area (Å²) in [7, 11) is 0. The fourth-order valence-corrected chi connectivity index (χ4v) is 3.89. The lowest BCUT2D eigenvalue weighted by Crippen LogP contribution is -2.20. The molecule has 0 aromatic heterocycles. The van der Waals surface area contributed by atoms with E-state index >= 15 is 0 Å². The summed E-state index contributed by atoms with van der Waals surface area (Å²) in [6.45, 7) is 16.0. The van der Waals surface area contributed by atoms with E-state index in [1.807, 2.05) is 11.8 Å². The Labute approximate surface area is 136 Å². The van der Waals surface area contributed by atoms with E-state index in [1.54, 1.807) is 0 Å². The van der Waals surface area contributed by atoms with E-state index < -0.39 is 0 Å². The average Bonchev–Trinajstić information content (AvgIpc) is 2.45. The number of hydrogen-bond acceptors (Lipinski definition) is 3. The van der Waals surface area contributed by atoms with Crippen molar-refractivity contribution in [2.24, 2.45) is 17.8 Å². The van der Waals surface area contributed by atoms with Gasteiger partial charge < -0.3 is 9.47 Å². The van der Waals surface area contributed by atoms with E-state index in [4.69, 9.17) is 9.47 Å². The minimum absolute atomic E-state index is 0.622. The van der Waals surface area contributed by atoms with Crippen LogP contribution in [0.3, 0.4) is 0 Å². The Morgan fingerprint density at radius 1 is 1.10 bits per heavy atom. The molecule has 1 aliphatic heterocycles. The molecule has 3 heteroatoms. The van der Waals surface area contributed by atoms with E-state index in [1.165, 1.54) is 17.7 Å². The van der Waals surface area contributed by atoms with Gasteiger partial charge in [-0.3, -0.25) is 0 Å². The third kappa shape index (κ3) is 7.10. The van der Waals surface area contributed by atoms with Crippen molar-refractivity contribution in [3.05, 3.63) is 10.7 Å². The van der Waals surface area contributed by atoms with E-state index in [-0.39, 0.29) is 0 Å². The smallest absolute Gasteiger partial charge is 0.131 e. The molecule has 0 saturated carbocycles. The molecule has 2 nitrogen and oxygen atoms in total. The van der Waals surface area contributed by atoms with Gasteiger partial charge in [0, 0.05) is 10.2 Å². The molecule has 124 valence electrons. The van der Waals surface area contributed by atoms with Crippen molar-refractivity contribution in [2.75, 3.05) is 19.8 Å². The number of ether oxygens (including phenoxy) is 2. The molecule has 1 aliphatic rings. The lowest BCUT2D eigenvalue weighted by atomic mass is 9.95. The van der Waals surface area contributed by atoms with Crippen LogP contribution < -0.4 is 0 Å². The summed E-state index contributed by atoms with van der Waals surface area (Å²) >= 11 is 2.01. The van der Waals surface area contributed by atoms with Crippen molar-refractivity contribution in [2.45, 2.75) is 66.1 Å². The third-order valence-corrected chi connectivity index (χ3v) is 5.87. The zero-order chi connectivity index (χ0) is 15.8. The molecule has 0 aromatic rings. The Morgan fingerprint density at radius 3 is 2.33 bits per heavy atom. The topological polar surface area (TPSA) is 18.5 Å². The van der Waals surface area contributed by atoms with Crippen molar-refractivity contribution in [1.82, 2.24) is 0 Å². The van der Waals surface area contributed by atoms with Crippen LogP contribution in [0.1, 0.15) is 60.8 Å². The Bertz CT molecular complexity index is 315. The zero-order valence-corrected chi connectivity index (χ0v) is 15.6. The fourth-order valence-electron chi connectivity index (χ4n) is 2.40. The Balaban J connectivity index is 2.67. The number of rotatable bonds is 8. The molecule has 0 N–H and O–H groups in total. The van der Waals surface area contributed by atoms with Crippen LogP contribution in [0.4, 0.5) is 0 Å². The number of hydrogen-bond donors (Lipinski definition) is 0. The largest absolute Gasteiger partial charge is 0.492 e. The molecule has 0 aromatic carbocycles. The summed E-state index contributed by atoms with van der Waals surface area (Å²) in [6.07, 6.45) is 3.67. The molecule has 0 aliphatic carbocycles. The summed E-state index contributed by atoms with van der Waals surface area (Å²) in [5, 5.41) is 0.622. The van der Waals surface area contributed by atoms with Crippen LogP contribution in [-0.4, -0.2) is 25.1 Å². The first-order valence-corrected chi connectivity index (χ1v) is 9.39. The highest BCUT2D eigenvalue weighted by Gasteiger charge is 2.21. The average molecular weight is 315 g/mol. The maximum atomic E-state index is 5.87. The van der Waals surface area contributed by atoms with Gasteiger partial charge in [0.1, 0.15) is 19.0 Å². The van der Waals surface area contributed by atoms with Crippen molar-refractivity contribution in [3.8, 4) is 0 Å². The van der Waals surface area contributed by atoms with Gasteiger partial charge in [-0.2, -0.15) is 0 Å². The Hall–Kier alpha value is -0.150. The molecule has 1 rings (SSSR count). The van der Waals surface area contributed by atoms with Crippen molar-refractivity contribution >= 4 is 11.8 Å². The molecule has 21 heavy (non-hydrogen) atoms. The zero-order valence-electron chi connectivity index (χ0n) is 14.8. The lowest BCUT2D eigenvalue weighted by molar-refractivity contribution is 0.0123. The Kier molecular flexibility index (Phi) is 8.80. The molecule has 0 amide bonds. The number of thioether (sulfide) groups is 1. The van der Waals surface area contributed by atoms with Crippen molar-refractivity contribution < 1.29 is 9.47 Å². The molecule has 2 atom stereocenters. The van der Waals surface area contributed by atoms with E-state index in [0.717, 1.165) is 30.6 Å². The summed E-state index contributed by atoms with van der Waals surface area (Å²) in [5.41, 5.74) is 0. The quantitative estimate of drug-likeness (QED) is 0.590. The summed E-state index contributed by atoms with van der Waals surface area (Å²) in [5.74, 6) is 3.30.